The largest absolute Gasteiger partial charge is 0.464 e. The van der Waals surface area contributed by atoms with E-state index in [9.17, 15) is 27.6 Å². The highest BCUT2D eigenvalue weighted by Crippen LogP contribution is 2.36. The Morgan fingerprint density at radius 3 is 2.62 bits per heavy atom. The predicted octanol–water partition coefficient (Wildman–Crippen LogP) is 4.49. The molecule has 3 aromatic rings. The van der Waals surface area contributed by atoms with Crippen molar-refractivity contribution in [2.75, 3.05) is 12.4 Å². The summed E-state index contributed by atoms with van der Waals surface area (Å²) in [5.41, 5.74) is 0.841. The molecule has 34 heavy (non-hydrogen) atoms. The van der Waals surface area contributed by atoms with Gasteiger partial charge in [-0.25, -0.2) is 18.6 Å². The van der Waals surface area contributed by atoms with Crippen molar-refractivity contribution < 1.29 is 37.0 Å². The minimum absolute atomic E-state index is 0.0429. The van der Waals surface area contributed by atoms with Gasteiger partial charge in [0.15, 0.2) is 16.6 Å². The minimum atomic E-state index is -3.29. The molecule has 1 amide bonds. The standard InChI is InChI=1S/C22H18F3N3O5S/c1-32-21(31)16-17(11-4-6-12(7-5-11)33-19(25)18(23)24)34-22(26-16)27-20(30)14-8-9-15(29)13-3-2-10-28(13)14/h2-7,10,14,18-19H,8-9H2,1H3,(H,26,27,30). The van der Waals surface area contributed by atoms with Crippen LogP contribution in [0.15, 0.2) is 42.6 Å². The predicted molar refractivity (Wildman–Crippen MR) is 116 cm³/mol. The monoisotopic (exact) mass is 493 g/mol. The SMILES string of the molecule is COC(=O)c1nc(NC(=O)C2CCC(=O)c3cccn32)sc1-c1ccc(OC(F)C(F)F)cc1. The van der Waals surface area contributed by atoms with Crippen LogP contribution in [0.4, 0.5) is 18.3 Å². The number of hydrogen-bond donors (Lipinski definition) is 1. The van der Waals surface area contributed by atoms with Crippen LogP contribution in [0, 0.1) is 0 Å². The molecule has 2 aromatic heterocycles. The third-order valence-corrected chi connectivity index (χ3v) is 6.17. The number of ether oxygens (including phenoxy) is 2. The number of hydrogen-bond acceptors (Lipinski definition) is 7. The lowest BCUT2D eigenvalue weighted by molar-refractivity contribution is -0.119. The first-order valence-corrected chi connectivity index (χ1v) is 10.9. The van der Waals surface area contributed by atoms with E-state index in [0.717, 1.165) is 11.3 Å². The number of amides is 1. The van der Waals surface area contributed by atoms with Crippen LogP contribution in [0.3, 0.4) is 0 Å². The average Bonchev–Trinajstić information content (AvgIpc) is 3.47. The third kappa shape index (κ3) is 4.67. The topological polar surface area (TPSA) is 99.5 Å². The van der Waals surface area contributed by atoms with Crippen molar-refractivity contribution in [2.24, 2.45) is 0 Å². The van der Waals surface area contributed by atoms with Crippen LogP contribution in [-0.4, -0.2) is 47.1 Å². The maximum atomic E-state index is 13.1. The number of methoxy groups -OCH3 is 1. The number of benzene rings is 1. The summed E-state index contributed by atoms with van der Waals surface area (Å²) < 4.78 is 48.7. The van der Waals surface area contributed by atoms with Crippen LogP contribution in [0.2, 0.25) is 0 Å². The van der Waals surface area contributed by atoms with Gasteiger partial charge in [-0.05, 0) is 48.4 Å². The Hall–Kier alpha value is -3.67. The first kappa shape index (κ1) is 23.5. The van der Waals surface area contributed by atoms with E-state index in [0.29, 0.717) is 22.6 Å². The Morgan fingerprint density at radius 1 is 1.21 bits per heavy atom. The van der Waals surface area contributed by atoms with E-state index < -0.39 is 30.7 Å². The number of Topliss-reactive ketones (excluding diaryl/α,β-unsaturated/α-hetero) is 1. The van der Waals surface area contributed by atoms with Crippen molar-refractivity contribution in [3.63, 3.8) is 0 Å². The number of ketones is 1. The Kier molecular flexibility index (Phi) is 6.68. The number of fused-ring (bicyclic) bond motifs is 1. The Labute approximate surface area is 195 Å². The molecule has 0 spiro atoms. The van der Waals surface area contributed by atoms with Gasteiger partial charge in [0.25, 0.3) is 6.36 Å². The first-order valence-electron chi connectivity index (χ1n) is 10.1. The molecule has 178 valence electrons. The lowest BCUT2D eigenvalue weighted by Crippen LogP contribution is -2.31. The summed E-state index contributed by atoms with van der Waals surface area (Å²) in [4.78, 5) is 41.8. The zero-order valence-electron chi connectivity index (χ0n) is 17.7. The van der Waals surface area contributed by atoms with Crippen LogP contribution in [0.25, 0.3) is 10.4 Å². The van der Waals surface area contributed by atoms with E-state index >= 15 is 0 Å². The molecule has 0 bridgehead atoms. The number of anilines is 1. The van der Waals surface area contributed by atoms with E-state index in [1.54, 1.807) is 22.9 Å². The number of thiazole rings is 1. The zero-order valence-corrected chi connectivity index (χ0v) is 18.5. The molecule has 0 fully saturated rings. The average molecular weight is 493 g/mol. The number of nitrogens with zero attached hydrogens (tertiary/aromatic N) is 2. The number of alkyl halides is 3. The summed E-state index contributed by atoms with van der Waals surface area (Å²) in [6.07, 6.45) is -3.84. The Morgan fingerprint density at radius 2 is 1.94 bits per heavy atom. The lowest BCUT2D eigenvalue weighted by atomic mass is 10.0. The molecule has 2 atom stereocenters. The van der Waals surface area contributed by atoms with Crippen LogP contribution < -0.4 is 10.1 Å². The van der Waals surface area contributed by atoms with Gasteiger partial charge in [-0.15, -0.1) is 0 Å². The summed E-state index contributed by atoms with van der Waals surface area (Å²) in [6.45, 7) is 0. The molecule has 0 aliphatic carbocycles. The van der Waals surface area contributed by atoms with Gasteiger partial charge in [0.1, 0.15) is 11.8 Å². The fourth-order valence-electron chi connectivity index (χ4n) is 3.55. The quantitative estimate of drug-likeness (QED) is 0.487. The van der Waals surface area contributed by atoms with E-state index in [-0.39, 0.29) is 28.8 Å². The van der Waals surface area contributed by atoms with Gasteiger partial charge in [0.05, 0.1) is 17.7 Å². The fourth-order valence-corrected chi connectivity index (χ4v) is 4.52. The Bertz CT molecular complexity index is 1220. The molecule has 0 radical (unpaired) electrons. The molecule has 1 aliphatic rings. The molecule has 0 saturated carbocycles. The second-order valence-electron chi connectivity index (χ2n) is 7.28. The van der Waals surface area contributed by atoms with Crippen molar-refractivity contribution >= 4 is 34.1 Å². The van der Waals surface area contributed by atoms with Crippen molar-refractivity contribution in [1.82, 2.24) is 9.55 Å². The van der Waals surface area contributed by atoms with Gasteiger partial charge in [-0.1, -0.05) is 11.3 Å². The van der Waals surface area contributed by atoms with Crippen molar-refractivity contribution in [3.05, 3.63) is 54.0 Å². The van der Waals surface area contributed by atoms with Crippen LogP contribution in [0.5, 0.6) is 5.75 Å². The van der Waals surface area contributed by atoms with E-state index in [4.69, 9.17) is 4.74 Å². The lowest BCUT2D eigenvalue weighted by Gasteiger charge is -2.24. The van der Waals surface area contributed by atoms with Gasteiger partial charge < -0.3 is 19.4 Å². The normalized spacial score (nSPS) is 16.1. The van der Waals surface area contributed by atoms with Crippen molar-refractivity contribution in [3.8, 4) is 16.2 Å². The molecular formula is C22H18F3N3O5S. The number of esters is 1. The highest BCUT2D eigenvalue weighted by Gasteiger charge is 2.31. The van der Waals surface area contributed by atoms with E-state index in [2.05, 4.69) is 15.0 Å². The first-order chi connectivity index (χ1) is 16.3. The minimum Gasteiger partial charge on any atom is -0.464 e. The Balaban J connectivity index is 1.57. The van der Waals surface area contributed by atoms with E-state index in [1.165, 1.54) is 31.4 Å². The summed E-state index contributed by atoms with van der Waals surface area (Å²) >= 11 is 1.00. The van der Waals surface area contributed by atoms with Crippen LogP contribution >= 0.6 is 11.3 Å². The molecule has 3 heterocycles. The number of carbonyl (C=O) groups is 3. The molecule has 8 nitrogen and oxygen atoms in total. The number of nitrogens with one attached hydrogen (secondary N) is 1. The maximum absolute atomic E-state index is 13.1. The summed E-state index contributed by atoms with van der Waals surface area (Å²) in [6, 6.07) is 8.16. The number of aromatic nitrogens is 2. The number of halogens is 3. The van der Waals surface area contributed by atoms with Crippen LogP contribution in [-0.2, 0) is 9.53 Å². The van der Waals surface area contributed by atoms with Gasteiger partial charge in [0, 0.05) is 12.6 Å². The van der Waals surface area contributed by atoms with Gasteiger partial charge in [0.2, 0.25) is 5.91 Å². The summed E-state index contributed by atoms with van der Waals surface area (Å²) in [5.74, 6) is -1.31. The molecule has 1 aliphatic heterocycles. The van der Waals surface area contributed by atoms with Crippen molar-refractivity contribution in [1.29, 1.82) is 0 Å². The van der Waals surface area contributed by atoms with Gasteiger partial charge in [-0.3, -0.25) is 9.59 Å². The molecule has 12 heteroatoms. The highest BCUT2D eigenvalue weighted by molar-refractivity contribution is 7.19. The molecule has 1 N–H and O–H groups in total. The second kappa shape index (κ2) is 9.67. The molecule has 4 rings (SSSR count). The highest BCUT2D eigenvalue weighted by atomic mass is 32.1. The van der Waals surface area contributed by atoms with E-state index in [1.807, 2.05) is 0 Å². The zero-order chi connectivity index (χ0) is 24.4. The number of rotatable bonds is 7. The molecular weight excluding hydrogens is 475 g/mol. The summed E-state index contributed by atoms with van der Waals surface area (Å²) in [5, 5.41) is 2.82. The third-order valence-electron chi connectivity index (χ3n) is 5.15. The second-order valence-corrected chi connectivity index (χ2v) is 8.28. The molecule has 1 aromatic carbocycles. The van der Waals surface area contributed by atoms with Gasteiger partial charge >= 0.3 is 12.4 Å². The number of carbonyl (C=O) groups excluding carboxylic acids is 3. The summed E-state index contributed by atoms with van der Waals surface area (Å²) in [7, 11) is 1.18. The fraction of sp³-hybridized carbons (Fsp3) is 0.273. The smallest absolute Gasteiger partial charge is 0.358 e. The molecule has 2 unspecified atom stereocenters. The van der Waals surface area contributed by atoms with Crippen LogP contribution in [0.1, 0.15) is 39.9 Å². The molecule has 0 saturated heterocycles. The maximum Gasteiger partial charge on any atom is 0.358 e. The van der Waals surface area contributed by atoms with Crippen molar-refractivity contribution in [2.45, 2.75) is 31.7 Å². The van der Waals surface area contributed by atoms with Gasteiger partial charge in [-0.2, -0.15) is 4.39 Å².